The Labute approximate surface area is 80.8 Å². The van der Waals surface area contributed by atoms with Gasteiger partial charge < -0.3 is 10.2 Å². The quantitative estimate of drug-likeness (QED) is 0.758. The molecule has 0 amide bonds. The zero-order valence-corrected chi connectivity index (χ0v) is 7.91. The smallest absolute Gasteiger partial charge is 0.337 e. The van der Waals surface area contributed by atoms with E-state index in [0.717, 1.165) is 6.07 Å². The summed E-state index contributed by atoms with van der Waals surface area (Å²) in [7, 11) is 0. The van der Waals surface area contributed by atoms with Crippen molar-refractivity contribution in [2.75, 3.05) is 0 Å². The van der Waals surface area contributed by atoms with Crippen LogP contribution in [0.25, 0.3) is 0 Å². The molecule has 1 aromatic carbocycles. The molecule has 3 nitrogen and oxygen atoms in total. The third-order valence-corrected chi connectivity index (χ3v) is 2.18. The summed E-state index contributed by atoms with van der Waals surface area (Å²) in [6, 6.07) is 2.51. The molecule has 1 rings (SSSR count). The highest BCUT2D eigenvalue weighted by Crippen LogP contribution is 2.20. The first-order chi connectivity index (χ1) is 6.43. The number of aliphatic hydroxyl groups is 1. The summed E-state index contributed by atoms with van der Waals surface area (Å²) >= 11 is 0. The number of hydrogen-bond acceptors (Lipinski definition) is 2. The molecule has 0 fully saturated rings. The van der Waals surface area contributed by atoms with Crippen LogP contribution in [0.2, 0.25) is 0 Å². The van der Waals surface area contributed by atoms with E-state index in [1.54, 1.807) is 13.8 Å². The molecule has 14 heavy (non-hydrogen) atoms. The summed E-state index contributed by atoms with van der Waals surface area (Å²) in [5.41, 5.74) is 1.16. The van der Waals surface area contributed by atoms with Crippen molar-refractivity contribution in [1.29, 1.82) is 0 Å². The fraction of sp³-hybridized carbons (Fsp3) is 0.300. The molecule has 0 radical (unpaired) electrons. The number of carbonyl (C=O) groups is 1. The van der Waals surface area contributed by atoms with Gasteiger partial charge in [0.1, 0.15) is 5.82 Å². The number of hydrogen-bond donors (Lipinski definition) is 2. The molecule has 0 spiro atoms. The maximum absolute atomic E-state index is 13.2. The Morgan fingerprint density at radius 1 is 1.43 bits per heavy atom. The molecule has 0 aliphatic heterocycles. The third kappa shape index (κ3) is 1.90. The van der Waals surface area contributed by atoms with Gasteiger partial charge in [0.25, 0.3) is 0 Å². The molecule has 1 atom stereocenters. The Hall–Kier alpha value is -1.42. The molecule has 2 N–H and O–H groups in total. The average molecular weight is 198 g/mol. The Kier molecular flexibility index (Phi) is 2.86. The van der Waals surface area contributed by atoms with Gasteiger partial charge in [0, 0.05) is 0 Å². The normalized spacial score (nSPS) is 12.6. The molecule has 0 bridgehead atoms. The molecule has 1 unspecified atom stereocenters. The second kappa shape index (κ2) is 3.75. The van der Waals surface area contributed by atoms with Gasteiger partial charge in [0.2, 0.25) is 0 Å². The van der Waals surface area contributed by atoms with Crippen molar-refractivity contribution < 1.29 is 19.4 Å². The number of aryl methyl sites for hydroxylation is 1. The fourth-order valence-electron chi connectivity index (χ4n) is 1.14. The molecule has 0 aliphatic rings. The maximum Gasteiger partial charge on any atom is 0.337 e. The Balaban J connectivity index is 3.19. The van der Waals surface area contributed by atoms with Gasteiger partial charge in [-0.1, -0.05) is 6.07 Å². The van der Waals surface area contributed by atoms with Gasteiger partial charge >= 0.3 is 5.97 Å². The molecule has 0 aromatic heterocycles. The van der Waals surface area contributed by atoms with Crippen molar-refractivity contribution in [3.63, 3.8) is 0 Å². The topological polar surface area (TPSA) is 57.5 Å². The van der Waals surface area contributed by atoms with Gasteiger partial charge in [0.05, 0.1) is 0 Å². The van der Waals surface area contributed by atoms with Crippen molar-refractivity contribution in [3.8, 4) is 0 Å². The summed E-state index contributed by atoms with van der Waals surface area (Å²) in [6.07, 6.45) is -1.66. The van der Waals surface area contributed by atoms with Gasteiger partial charge in [-0.15, -0.1) is 0 Å². The lowest BCUT2D eigenvalue weighted by Crippen LogP contribution is -2.11. The highest BCUT2D eigenvalue weighted by Gasteiger charge is 2.17. The third-order valence-electron chi connectivity index (χ3n) is 2.18. The minimum Gasteiger partial charge on any atom is -0.479 e. The van der Waals surface area contributed by atoms with Crippen LogP contribution in [0.3, 0.4) is 0 Å². The number of rotatable bonds is 2. The van der Waals surface area contributed by atoms with Gasteiger partial charge in [-0.2, -0.15) is 0 Å². The number of carboxylic acid groups (broad SMARTS) is 1. The second-order valence-corrected chi connectivity index (χ2v) is 3.19. The Morgan fingerprint density at radius 2 is 2.00 bits per heavy atom. The van der Waals surface area contributed by atoms with Crippen LogP contribution in [0.4, 0.5) is 4.39 Å². The van der Waals surface area contributed by atoms with Gasteiger partial charge in [0.15, 0.2) is 6.10 Å². The zero-order valence-electron chi connectivity index (χ0n) is 7.91. The van der Waals surface area contributed by atoms with Crippen LogP contribution in [-0.4, -0.2) is 16.2 Å². The van der Waals surface area contributed by atoms with E-state index in [4.69, 9.17) is 5.11 Å². The molecule has 1 aromatic rings. The number of halogens is 1. The molecule has 76 valence electrons. The minimum atomic E-state index is -1.66. The van der Waals surface area contributed by atoms with Crippen LogP contribution < -0.4 is 0 Å². The van der Waals surface area contributed by atoms with Crippen molar-refractivity contribution in [1.82, 2.24) is 0 Å². The number of benzene rings is 1. The lowest BCUT2D eigenvalue weighted by molar-refractivity contribution is -0.146. The summed E-state index contributed by atoms with van der Waals surface area (Å²) < 4.78 is 13.2. The second-order valence-electron chi connectivity index (χ2n) is 3.19. The Bertz CT molecular complexity index is 351. The monoisotopic (exact) mass is 198 g/mol. The van der Waals surface area contributed by atoms with E-state index in [1.165, 1.54) is 6.07 Å². The van der Waals surface area contributed by atoms with E-state index < -0.39 is 17.9 Å². The van der Waals surface area contributed by atoms with E-state index in [1.807, 2.05) is 0 Å². The molecular formula is C10H11FO3. The van der Waals surface area contributed by atoms with E-state index in [9.17, 15) is 14.3 Å². The van der Waals surface area contributed by atoms with E-state index in [-0.39, 0.29) is 5.56 Å². The highest BCUT2D eigenvalue weighted by molar-refractivity contribution is 5.74. The standard InChI is InChI=1S/C10H11FO3/c1-5-3-7(9(12)10(13)14)4-8(11)6(5)2/h3-4,9,12H,1-2H3,(H,13,14). The van der Waals surface area contributed by atoms with Crippen molar-refractivity contribution in [2.45, 2.75) is 20.0 Å². The van der Waals surface area contributed by atoms with E-state index in [0.29, 0.717) is 11.1 Å². The summed E-state index contributed by atoms with van der Waals surface area (Å²) in [4.78, 5) is 10.4. The van der Waals surface area contributed by atoms with Crippen molar-refractivity contribution in [3.05, 3.63) is 34.6 Å². The predicted molar refractivity (Wildman–Crippen MR) is 48.5 cm³/mol. The SMILES string of the molecule is Cc1cc(C(O)C(=O)O)cc(F)c1C. The van der Waals surface area contributed by atoms with E-state index in [2.05, 4.69) is 0 Å². The first-order valence-electron chi connectivity index (χ1n) is 4.11. The lowest BCUT2D eigenvalue weighted by Gasteiger charge is -2.09. The average Bonchev–Trinajstić information content (AvgIpc) is 2.12. The lowest BCUT2D eigenvalue weighted by atomic mass is 10.0. The molecule has 0 saturated heterocycles. The van der Waals surface area contributed by atoms with Crippen LogP contribution in [-0.2, 0) is 4.79 Å². The first-order valence-corrected chi connectivity index (χ1v) is 4.11. The van der Waals surface area contributed by atoms with Crippen molar-refractivity contribution in [2.24, 2.45) is 0 Å². The minimum absolute atomic E-state index is 0.0677. The maximum atomic E-state index is 13.2. The summed E-state index contributed by atoms with van der Waals surface area (Å²) in [5.74, 6) is -1.88. The van der Waals surface area contributed by atoms with Gasteiger partial charge in [-0.25, -0.2) is 9.18 Å². The van der Waals surface area contributed by atoms with Crippen LogP contribution in [0.5, 0.6) is 0 Å². The number of aliphatic carboxylic acids is 1. The Morgan fingerprint density at radius 3 is 2.43 bits per heavy atom. The van der Waals surface area contributed by atoms with Crippen LogP contribution in [0.15, 0.2) is 12.1 Å². The number of carboxylic acids is 1. The molecule has 4 heteroatoms. The summed E-state index contributed by atoms with van der Waals surface area (Å²) in [5, 5.41) is 17.7. The number of aliphatic hydroxyl groups excluding tert-OH is 1. The fourth-order valence-corrected chi connectivity index (χ4v) is 1.14. The zero-order chi connectivity index (χ0) is 10.9. The highest BCUT2D eigenvalue weighted by atomic mass is 19.1. The van der Waals surface area contributed by atoms with Crippen LogP contribution >= 0.6 is 0 Å². The molecule has 0 saturated carbocycles. The summed E-state index contributed by atoms with van der Waals surface area (Å²) in [6.45, 7) is 3.26. The van der Waals surface area contributed by atoms with Crippen molar-refractivity contribution >= 4 is 5.97 Å². The van der Waals surface area contributed by atoms with Crippen LogP contribution in [0, 0.1) is 19.7 Å². The molecule has 0 aliphatic carbocycles. The van der Waals surface area contributed by atoms with Gasteiger partial charge in [-0.3, -0.25) is 0 Å². The largest absolute Gasteiger partial charge is 0.479 e. The van der Waals surface area contributed by atoms with E-state index >= 15 is 0 Å². The molecular weight excluding hydrogens is 187 g/mol. The van der Waals surface area contributed by atoms with Gasteiger partial charge in [-0.05, 0) is 36.6 Å². The first kappa shape index (κ1) is 10.7. The predicted octanol–water partition coefficient (Wildman–Crippen LogP) is 1.56. The molecule has 0 heterocycles. The van der Waals surface area contributed by atoms with Crippen LogP contribution in [0.1, 0.15) is 22.8 Å².